The smallest absolute Gasteiger partial charge is 0.228 e. The zero-order valence-corrected chi connectivity index (χ0v) is 11.6. The molecule has 0 aliphatic rings. The van der Waals surface area contributed by atoms with Gasteiger partial charge in [0.1, 0.15) is 5.82 Å². The number of nitrogens with two attached hydrogens (primary N) is 1. The SMILES string of the molecule is CC(C)c1nc2cc(N)ccc2n1CCc1ncno1. The molecule has 0 bridgehead atoms. The van der Waals surface area contributed by atoms with Crippen LogP contribution in [0.3, 0.4) is 0 Å². The molecule has 0 unspecified atom stereocenters. The minimum atomic E-state index is 0.339. The molecule has 1 aromatic carbocycles. The van der Waals surface area contributed by atoms with Crippen molar-refractivity contribution in [3.8, 4) is 0 Å². The van der Waals surface area contributed by atoms with Gasteiger partial charge in [0.2, 0.25) is 5.89 Å². The van der Waals surface area contributed by atoms with Crippen LogP contribution in [0, 0.1) is 0 Å². The highest BCUT2D eigenvalue weighted by Gasteiger charge is 2.14. The number of nitrogen functional groups attached to an aromatic ring is 1. The summed E-state index contributed by atoms with van der Waals surface area (Å²) in [6.45, 7) is 5.03. The topological polar surface area (TPSA) is 82.8 Å². The Kier molecular flexibility index (Phi) is 3.14. The first-order valence-electron chi connectivity index (χ1n) is 6.66. The van der Waals surface area contributed by atoms with E-state index in [9.17, 15) is 0 Å². The summed E-state index contributed by atoms with van der Waals surface area (Å²) in [6.07, 6.45) is 2.11. The van der Waals surface area contributed by atoms with Crippen LogP contribution in [0.5, 0.6) is 0 Å². The Morgan fingerprint density at radius 2 is 2.20 bits per heavy atom. The zero-order chi connectivity index (χ0) is 14.1. The number of imidazole rings is 1. The van der Waals surface area contributed by atoms with E-state index in [1.54, 1.807) is 0 Å². The van der Waals surface area contributed by atoms with Crippen LogP contribution >= 0.6 is 0 Å². The lowest BCUT2D eigenvalue weighted by atomic mass is 10.2. The number of hydrogen-bond acceptors (Lipinski definition) is 5. The second-order valence-corrected chi connectivity index (χ2v) is 5.11. The van der Waals surface area contributed by atoms with Crippen LogP contribution < -0.4 is 5.73 Å². The molecule has 0 amide bonds. The van der Waals surface area contributed by atoms with Gasteiger partial charge in [0.15, 0.2) is 6.33 Å². The summed E-state index contributed by atoms with van der Waals surface area (Å²) in [6, 6.07) is 5.82. The van der Waals surface area contributed by atoms with Gasteiger partial charge in [-0.05, 0) is 18.2 Å². The van der Waals surface area contributed by atoms with Crippen molar-refractivity contribution >= 4 is 16.7 Å². The third-order valence-electron chi connectivity index (χ3n) is 3.27. The molecule has 0 aliphatic heterocycles. The molecule has 0 radical (unpaired) electrons. The number of benzene rings is 1. The summed E-state index contributed by atoms with van der Waals surface area (Å²) in [7, 11) is 0. The number of rotatable bonds is 4. The van der Waals surface area contributed by atoms with Gasteiger partial charge in [0.05, 0.1) is 11.0 Å². The summed E-state index contributed by atoms with van der Waals surface area (Å²) >= 11 is 0. The Hall–Kier alpha value is -2.37. The predicted octanol–water partition coefficient (Wildman–Crippen LogP) is 2.37. The molecule has 2 heterocycles. The van der Waals surface area contributed by atoms with Crippen molar-refractivity contribution in [1.82, 2.24) is 19.7 Å². The molecule has 0 spiro atoms. The molecule has 0 saturated carbocycles. The van der Waals surface area contributed by atoms with Crippen molar-refractivity contribution in [2.45, 2.75) is 32.7 Å². The lowest BCUT2D eigenvalue weighted by Crippen LogP contribution is -2.07. The largest absolute Gasteiger partial charge is 0.399 e. The van der Waals surface area contributed by atoms with Gasteiger partial charge in [-0.3, -0.25) is 0 Å². The van der Waals surface area contributed by atoms with Gasteiger partial charge in [0.25, 0.3) is 0 Å². The third kappa shape index (κ3) is 2.24. The van der Waals surface area contributed by atoms with E-state index in [-0.39, 0.29) is 0 Å². The van der Waals surface area contributed by atoms with E-state index in [0.717, 1.165) is 29.1 Å². The monoisotopic (exact) mass is 271 g/mol. The van der Waals surface area contributed by atoms with Crippen LogP contribution in [0.4, 0.5) is 5.69 Å². The molecule has 0 atom stereocenters. The third-order valence-corrected chi connectivity index (χ3v) is 3.27. The summed E-state index contributed by atoms with van der Waals surface area (Å²) < 4.78 is 7.25. The summed E-state index contributed by atoms with van der Waals surface area (Å²) in [4.78, 5) is 8.74. The normalized spacial score (nSPS) is 11.6. The maximum Gasteiger partial charge on any atom is 0.228 e. The molecule has 6 heteroatoms. The van der Waals surface area contributed by atoms with E-state index in [1.807, 2.05) is 18.2 Å². The molecule has 20 heavy (non-hydrogen) atoms. The molecule has 0 fully saturated rings. The summed E-state index contributed by atoms with van der Waals surface area (Å²) in [5.41, 5.74) is 8.57. The fourth-order valence-corrected chi connectivity index (χ4v) is 2.35. The number of hydrogen-bond donors (Lipinski definition) is 1. The number of nitrogens with zero attached hydrogens (tertiary/aromatic N) is 4. The van der Waals surface area contributed by atoms with Gasteiger partial charge in [-0.15, -0.1) is 0 Å². The first kappa shape index (κ1) is 12.7. The highest BCUT2D eigenvalue weighted by molar-refractivity contribution is 5.79. The maximum absolute atomic E-state index is 5.83. The average Bonchev–Trinajstić information content (AvgIpc) is 3.02. The number of aryl methyl sites for hydroxylation is 2. The van der Waals surface area contributed by atoms with Crippen LogP contribution in [-0.4, -0.2) is 19.7 Å². The highest BCUT2D eigenvalue weighted by Crippen LogP contribution is 2.23. The Labute approximate surface area is 116 Å². The molecule has 0 saturated heterocycles. The lowest BCUT2D eigenvalue weighted by Gasteiger charge is -2.10. The predicted molar refractivity (Wildman–Crippen MR) is 76.2 cm³/mol. The van der Waals surface area contributed by atoms with Crippen LogP contribution in [0.2, 0.25) is 0 Å². The highest BCUT2D eigenvalue weighted by atomic mass is 16.5. The van der Waals surface area contributed by atoms with Crippen LogP contribution in [0.25, 0.3) is 11.0 Å². The molecular weight excluding hydrogens is 254 g/mol. The number of anilines is 1. The van der Waals surface area contributed by atoms with Crippen LogP contribution in [0.1, 0.15) is 31.5 Å². The first-order valence-corrected chi connectivity index (χ1v) is 6.66. The van der Waals surface area contributed by atoms with E-state index >= 15 is 0 Å². The lowest BCUT2D eigenvalue weighted by molar-refractivity contribution is 0.370. The fraction of sp³-hybridized carbons (Fsp3) is 0.357. The fourth-order valence-electron chi connectivity index (χ4n) is 2.35. The molecule has 3 rings (SSSR count). The quantitative estimate of drug-likeness (QED) is 0.736. The van der Waals surface area contributed by atoms with Crippen LogP contribution in [-0.2, 0) is 13.0 Å². The van der Waals surface area contributed by atoms with E-state index < -0.39 is 0 Å². The minimum absolute atomic E-state index is 0.339. The van der Waals surface area contributed by atoms with Gasteiger partial charge in [-0.1, -0.05) is 19.0 Å². The maximum atomic E-state index is 5.83. The molecule has 2 aromatic heterocycles. The Balaban J connectivity index is 2.00. The van der Waals surface area contributed by atoms with Crippen molar-refractivity contribution < 1.29 is 4.52 Å². The molecule has 6 nitrogen and oxygen atoms in total. The second-order valence-electron chi connectivity index (χ2n) is 5.11. The summed E-state index contributed by atoms with van der Waals surface area (Å²) in [5.74, 6) is 2.02. The van der Waals surface area contributed by atoms with E-state index in [2.05, 4.69) is 33.5 Å². The molecule has 2 N–H and O–H groups in total. The van der Waals surface area contributed by atoms with Gasteiger partial charge >= 0.3 is 0 Å². The number of fused-ring (bicyclic) bond motifs is 1. The Bertz CT molecular complexity index is 715. The van der Waals surface area contributed by atoms with Gasteiger partial charge in [-0.25, -0.2) is 4.98 Å². The zero-order valence-electron chi connectivity index (χ0n) is 11.6. The van der Waals surface area contributed by atoms with Crippen LogP contribution in [0.15, 0.2) is 29.0 Å². The van der Waals surface area contributed by atoms with Crippen molar-refractivity contribution in [3.05, 3.63) is 36.2 Å². The van der Waals surface area contributed by atoms with Gasteiger partial charge in [-0.2, -0.15) is 4.98 Å². The van der Waals surface area contributed by atoms with Crippen molar-refractivity contribution in [2.24, 2.45) is 0 Å². The Morgan fingerprint density at radius 3 is 2.90 bits per heavy atom. The molecule has 3 aromatic rings. The van der Waals surface area contributed by atoms with Crippen molar-refractivity contribution in [2.75, 3.05) is 5.73 Å². The average molecular weight is 271 g/mol. The van der Waals surface area contributed by atoms with Gasteiger partial charge in [0, 0.05) is 24.6 Å². The Morgan fingerprint density at radius 1 is 1.35 bits per heavy atom. The standard InChI is InChI=1S/C14H17N5O/c1-9(2)14-18-11-7-10(15)3-4-12(11)19(14)6-5-13-16-8-17-20-13/h3-4,7-9H,5-6,15H2,1-2H3. The molecule has 0 aliphatic carbocycles. The van der Waals surface area contributed by atoms with Crippen molar-refractivity contribution in [1.29, 1.82) is 0 Å². The summed E-state index contributed by atoms with van der Waals surface area (Å²) in [5, 5.41) is 3.63. The van der Waals surface area contributed by atoms with Gasteiger partial charge < -0.3 is 14.8 Å². The first-order chi connectivity index (χ1) is 9.65. The van der Waals surface area contributed by atoms with E-state index in [0.29, 0.717) is 18.2 Å². The van der Waals surface area contributed by atoms with Crippen molar-refractivity contribution in [3.63, 3.8) is 0 Å². The van der Waals surface area contributed by atoms with E-state index in [4.69, 9.17) is 10.3 Å². The minimum Gasteiger partial charge on any atom is -0.399 e. The number of aromatic nitrogens is 4. The second kappa shape index (κ2) is 4.96. The van der Waals surface area contributed by atoms with E-state index in [1.165, 1.54) is 6.33 Å². The molecule has 104 valence electrons. The molecular formula is C14H17N5O.